The first-order valence-electron chi connectivity index (χ1n) is 9.31. The van der Waals surface area contributed by atoms with Crippen LogP contribution in [0, 0.1) is 0 Å². The van der Waals surface area contributed by atoms with Gasteiger partial charge in [-0.15, -0.1) is 0 Å². The van der Waals surface area contributed by atoms with Gasteiger partial charge in [0.25, 0.3) is 0 Å². The summed E-state index contributed by atoms with van der Waals surface area (Å²) in [4.78, 5) is 0. The van der Waals surface area contributed by atoms with Crippen LogP contribution in [0.3, 0.4) is 0 Å². The van der Waals surface area contributed by atoms with Crippen molar-refractivity contribution in [2.75, 3.05) is 0 Å². The Bertz CT molecular complexity index is 1520. The van der Waals surface area contributed by atoms with Gasteiger partial charge in [-0.1, -0.05) is 76.6 Å². The van der Waals surface area contributed by atoms with E-state index in [4.69, 9.17) is 4.42 Å². The quantitative estimate of drug-likeness (QED) is 0.259. The predicted octanol–water partition coefficient (Wildman–Crippen LogP) is 8.32. The van der Waals surface area contributed by atoms with Gasteiger partial charge in [-0.05, 0) is 63.0 Å². The Kier molecular flexibility index (Phi) is 3.38. The molecule has 6 aromatic rings. The normalized spacial score (nSPS) is 11.8. The average molecular weight is 423 g/mol. The Labute approximate surface area is 170 Å². The molecule has 132 valence electrons. The molecular weight excluding hydrogens is 408 g/mol. The van der Waals surface area contributed by atoms with Crippen LogP contribution in [0.1, 0.15) is 0 Å². The van der Waals surface area contributed by atoms with E-state index in [-0.39, 0.29) is 0 Å². The van der Waals surface area contributed by atoms with Crippen LogP contribution in [0.5, 0.6) is 0 Å². The Morgan fingerprint density at radius 3 is 2.21 bits per heavy atom. The highest BCUT2D eigenvalue weighted by molar-refractivity contribution is 9.10. The van der Waals surface area contributed by atoms with Gasteiger partial charge in [0.15, 0.2) is 0 Å². The number of hydrogen-bond acceptors (Lipinski definition) is 1. The summed E-state index contributed by atoms with van der Waals surface area (Å²) in [5.41, 5.74) is 4.35. The highest BCUT2D eigenvalue weighted by Crippen LogP contribution is 2.36. The maximum Gasteiger partial charge on any atom is 0.136 e. The molecule has 0 bridgehead atoms. The van der Waals surface area contributed by atoms with Gasteiger partial charge in [0.05, 0.1) is 0 Å². The van der Waals surface area contributed by atoms with Gasteiger partial charge in [-0.3, -0.25) is 0 Å². The van der Waals surface area contributed by atoms with Crippen LogP contribution in [0.2, 0.25) is 0 Å². The van der Waals surface area contributed by atoms with Crippen LogP contribution >= 0.6 is 15.9 Å². The van der Waals surface area contributed by atoms with E-state index >= 15 is 0 Å². The molecule has 0 radical (unpaired) electrons. The number of benzene rings is 5. The molecule has 2 heteroatoms. The van der Waals surface area contributed by atoms with Crippen LogP contribution in [0.15, 0.2) is 99.9 Å². The zero-order valence-corrected chi connectivity index (χ0v) is 16.5. The molecule has 1 heterocycles. The summed E-state index contributed by atoms with van der Waals surface area (Å²) >= 11 is 3.68. The van der Waals surface area contributed by atoms with E-state index < -0.39 is 0 Å². The van der Waals surface area contributed by atoms with Gasteiger partial charge in [0.2, 0.25) is 0 Å². The molecule has 0 fully saturated rings. The van der Waals surface area contributed by atoms with E-state index in [0.717, 1.165) is 15.6 Å². The molecule has 0 amide bonds. The van der Waals surface area contributed by atoms with E-state index in [1.165, 1.54) is 43.4 Å². The second-order valence-electron chi connectivity index (χ2n) is 7.15. The van der Waals surface area contributed by atoms with Crippen LogP contribution in [0.25, 0.3) is 54.6 Å². The number of halogens is 1. The number of fused-ring (bicyclic) bond motifs is 5. The predicted molar refractivity (Wildman–Crippen MR) is 122 cm³/mol. The van der Waals surface area contributed by atoms with Crippen molar-refractivity contribution in [2.24, 2.45) is 0 Å². The summed E-state index contributed by atoms with van der Waals surface area (Å²) in [5.74, 6) is 0. The molecule has 0 N–H and O–H groups in total. The molecule has 0 atom stereocenters. The first-order valence-corrected chi connectivity index (χ1v) is 10.1. The lowest BCUT2D eigenvalue weighted by Gasteiger charge is -2.10. The summed E-state index contributed by atoms with van der Waals surface area (Å²) in [6, 6.07) is 32.2. The van der Waals surface area contributed by atoms with E-state index in [9.17, 15) is 0 Å². The lowest BCUT2D eigenvalue weighted by Crippen LogP contribution is -1.83. The standard InChI is InChI=1S/C26H15BrO/c27-24-12-11-19(20-5-1-2-6-21(20)24)17-10-9-16-15-26-23(14-18(16)13-17)22-7-3-4-8-25(22)28-26/h1-15H. The fourth-order valence-electron chi connectivity index (χ4n) is 4.15. The molecule has 28 heavy (non-hydrogen) atoms. The van der Waals surface area contributed by atoms with E-state index in [2.05, 4.69) is 94.8 Å². The van der Waals surface area contributed by atoms with E-state index in [1.807, 2.05) is 12.1 Å². The Balaban J connectivity index is 1.64. The minimum atomic E-state index is 0.937. The van der Waals surface area contributed by atoms with Crippen molar-refractivity contribution < 1.29 is 4.42 Å². The van der Waals surface area contributed by atoms with Gasteiger partial charge in [0, 0.05) is 15.2 Å². The van der Waals surface area contributed by atoms with Crippen molar-refractivity contribution >= 4 is 59.4 Å². The largest absolute Gasteiger partial charge is 0.456 e. The smallest absolute Gasteiger partial charge is 0.136 e. The summed E-state index contributed by atoms with van der Waals surface area (Å²) in [6.45, 7) is 0. The van der Waals surface area contributed by atoms with Crippen molar-refractivity contribution in [2.45, 2.75) is 0 Å². The van der Waals surface area contributed by atoms with Crippen molar-refractivity contribution in [3.05, 3.63) is 95.5 Å². The first kappa shape index (κ1) is 15.9. The number of para-hydroxylation sites is 1. The van der Waals surface area contributed by atoms with Crippen molar-refractivity contribution in [3.63, 3.8) is 0 Å². The third-order valence-electron chi connectivity index (χ3n) is 5.52. The van der Waals surface area contributed by atoms with Crippen LogP contribution in [-0.4, -0.2) is 0 Å². The number of rotatable bonds is 1. The molecule has 0 aliphatic heterocycles. The minimum Gasteiger partial charge on any atom is -0.456 e. The Hall–Kier alpha value is -3.10. The van der Waals surface area contributed by atoms with E-state index in [1.54, 1.807) is 0 Å². The SMILES string of the molecule is Brc1ccc(-c2ccc3cc4oc5ccccc5c4cc3c2)c2ccccc12. The van der Waals surface area contributed by atoms with Gasteiger partial charge < -0.3 is 4.42 Å². The molecule has 6 rings (SSSR count). The Morgan fingerprint density at radius 1 is 0.536 bits per heavy atom. The van der Waals surface area contributed by atoms with Crippen molar-refractivity contribution in [3.8, 4) is 11.1 Å². The topological polar surface area (TPSA) is 13.1 Å². The Morgan fingerprint density at radius 2 is 1.32 bits per heavy atom. The maximum absolute atomic E-state index is 6.04. The molecule has 5 aromatic carbocycles. The molecule has 0 aliphatic rings. The third kappa shape index (κ3) is 2.31. The fourth-order valence-corrected chi connectivity index (χ4v) is 4.63. The molecule has 0 aliphatic carbocycles. The molecule has 0 spiro atoms. The van der Waals surface area contributed by atoms with Crippen LogP contribution in [0.4, 0.5) is 0 Å². The first-order chi connectivity index (χ1) is 13.8. The summed E-state index contributed by atoms with van der Waals surface area (Å²) in [6.07, 6.45) is 0. The van der Waals surface area contributed by atoms with Gasteiger partial charge in [-0.25, -0.2) is 0 Å². The van der Waals surface area contributed by atoms with Crippen molar-refractivity contribution in [1.29, 1.82) is 0 Å². The summed E-state index contributed by atoms with van der Waals surface area (Å²) in [7, 11) is 0. The molecule has 0 unspecified atom stereocenters. The molecule has 0 saturated heterocycles. The van der Waals surface area contributed by atoms with E-state index in [0.29, 0.717) is 0 Å². The molecule has 0 saturated carbocycles. The fraction of sp³-hybridized carbons (Fsp3) is 0. The van der Waals surface area contributed by atoms with Gasteiger partial charge >= 0.3 is 0 Å². The highest BCUT2D eigenvalue weighted by Gasteiger charge is 2.10. The molecule has 1 aromatic heterocycles. The second-order valence-corrected chi connectivity index (χ2v) is 8.00. The van der Waals surface area contributed by atoms with Crippen LogP contribution in [-0.2, 0) is 0 Å². The van der Waals surface area contributed by atoms with Crippen LogP contribution < -0.4 is 0 Å². The summed E-state index contributed by atoms with van der Waals surface area (Å²) in [5, 5.41) is 7.24. The maximum atomic E-state index is 6.04. The second kappa shape index (κ2) is 5.95. The number of furan rings is 1. The zero-order valence-electron chi connectivity index (χ0n) is 14.9. The lowest BCUT2D eigenvalue weighted by molar-refractivity contribution is 0.669. The van der Waals surface area contributed by atoms with Crippen molar-refractivity contribution in [1.82, 2.24) is 0 Å². The van der Waals surface area contributed by atoms with Gasteiger partial charge in [0.1, 0.15) is 11.2 Å². The number of hydrogen-bond donors (Lipinski definition) is 0. The zero-order chi connectivity index (χ0) is 18.7. The van der Waals surface area contributed by atoms with Gasteiger partial charge in [-0.2, -0.15) is 0 Å². The lowest BCUT2D eigenvalue weighted by atomic mass is 9.96. The third-order valence-corrected chi connectivity index (χ3v) is 6.21. The molecule has 1 nitrogen and oxygen atoms in total. The average Bonchev–Trinajstić information content (AvgIpc) is 3.10. The monoisotopic (exact) mass is 422 g/mol. The highest BCUT2D eigenvalue weighted by atomic mass is 79.9. The minimum absolute atomic E-state index is 0.937. The molecular formula is C26H15BrO. The summed E-state index contributed by atoms with van der Waals surface area (Å²) < 4.78 is 7.17.